The number of hydrogen-bond acceptors (Lipinski definition) is 4. The summed E-state index contributed by atoms with van der Waals surface area (Å²) in [6.45, 7) is 1.53. The second-order valence-corrected chi connectivity index (χ2v) is 6.06. The minimum atomic E-state index is -0.0725. The standard InChI is InChI=1S/C19H22N2O4/c1-24-17-7-3-2-6-16(17)19(23)21-10-8-14(9-11-21)18(22)20-13-15-5-4-12-25-15/h2-7,12,14H,8-11,13H2,1H3,(H,20,22). The number of rotatable bonds is 5. The lowest BCUT2D eigenvalue weighted by atomic mass is 9.95. The highest BCUT2D eigenvalue weighted by Gasteiger charge is 2.28. The molecule has 1 fully saturated rings. The molecular formula is C19H22N2O4. The van der Waals surface area contributed by atoms with Gasteiger partial charge in [-0.25, -0.2) is 0 Å². The van der Waals surface area contributed by atoms with Crippen molar-refractivity contribution in [1.29, 1.82) is 0 Å². The van der Waals surface area contributed by atoms with E-state index in [1.54, 1.807) is 36.5 Å². The van der Waals surface area contributed by atoms with Gasteiger partial charge >= 0.3 is 0 Å². The molecule has 6 nitrogen and oxygen atoms in total. The van der Waals surface area contributed by atoms with E-state index >= 15 is 0 Å². The average Bonchev–Trinajstić information content (AvgIpc) is 3.19. The van der Waals surface area contributed by atoms with Crippen LogP contribution in [-0.4, -0.2) is 36.9 Å². The van der Waals surface area contributed by atoms with Gasteiger partial charge in [-0.3, -0.25) is 9.59 Å². The fourth-order valence-electron chi connectivity index (χ4n) is 3.07. The van der Waals surface area contributed by atoms with E-state index in [-0.39, 0.29) is 17.7 Å². The monoisotopic (exact) mass is 342 g/mol. The number of carbonyl (C=O) groups is 2. The highest BCUT2D eigenvalue weighted by atomic mass is 16.5. The number of benzene rings is 1. The van der Waals surface area contributed by atoms with Crippen LogP contribution in [0.4, 0.5) is 0 Å². The number of furan rings is 1. The Morgan fingerprint density at radius 2 is 1.96 bits per heavy atom. The molecular weight excluding hydrogens is 320 g/mol. The zero-order valence-electron chi connectivity index (χ0n) is 14.2. The van der Waals surface area contributed by atoms with Crippen LogP contribution in [0.2, 0.25) is 0 Å². The molecule has 0 spiro atoms. The normalized spacial score (nSPS) is 15.0. The van der Waals surface area contributed by atoms with Gasteiger partial charge in [0.25, 0.3) is 5.91 Å². The van der Waals surface area contributed by atoms with Gasteiger partial charge < -0.3 is 19.4 Å². The van der Waals surface area contributed by atoms with Crippen molar-refractivity contribution in [1.82, 2.24) is 10.2 Å². The number of carbonyl (C=O) groups excluding carboxylic acids is 2. The van der Waals surface area contributed by atoms with Crippen LogP contribution in [0.5, 0.6) is 5.75 Å². The molecule has 0 atom stereocenters. The van der Waals surface area contributed by atoms with Crippen LogP contribution in [0.1, 0.15) is 29.0 Å². The van der Waals surface area contributed by atoms with E-state index in [4.69, 9.17) is 9.15 Å². The summed E-state index contributed by atoms with van der Waals surface area (Å²) in [7, 11) is 1.56. The molecule has 6 heteroatoms. The molecule has 0 unspecified atom stereocenters. The van der Waals surface area contributed by atoms with Crippen LogP contribution < -0.4 is 10.1 Å². The highest BCUT2D eigenvalue weighted by Crippen LogP contribution is 2.23. The highest BCUT2D eigenvalue weighted by molar-refractivity contribution is 5.97. The molecule has 2 heterocycles. The summed E-state index contributed by atoms with van der Waals surface area (Å²) in [6, 6.07) is 10.8. The van der Waals surface area contributed by atoms with Gasteiger partial charge in [-0.05, 0) is 37.1 Å². The molecule has 0 saturated carbocycles. The summed E-state index contributed by atoms with van der Waals surface area (Å²) in [5, 5.41) is 2.89. The number of methoxy groups -OCH3 is 1. The molecule has 0 bridgehead atoms. The summed E-state index contributed by atoms with van der Waals surface area (Å²) in [5.74, 6) is 1.20. The van der Waals surface area contributed by atoms with Crippen molar-refractivity contribution in [2.75, 3.05) is 20.2 Å². The molecule has 1 aromatic carbocycles. The molecule has 1 aromatic heterocycles. The Hall–Kier alpha value is -2.76. The second-order valence-electron chi connectivity index (χ2n) is 6.06. The van der Waals surface area contributed by atoms with Gasteiger partial charge in [0.1, 0.15) is 11.5 Å². The Morgan fingerprint density at radius 1 is 1.20 bits per heavy atom. The lowest BCUT2D eigenvalue weighted by molar-refractivity contribution is -0.126. The Balaban J connectivity index is 1.52. The van der Waals surface area contributed by atoms with E-state index in [9.17, 15) is 9.59 Å². The van der Waals surface area contributed by atoms with Gasteiger partial charge in [-0.15, -0.1) is 0 Å². The molecule has 0 radical (unpaired) electrons. The van der Waals surface area contributed by atoms with Crippen molar-refractivity contribution in [3.63, 3.8) is 0 Å². The maximum absolute atomic E-state index is 12.7. The molecule has 1 N–H and O–H groups in total. The number of nitrogens with one attached hydrogen (secondary N) is 1. The van der Waals surface area contributed by atoms with E-state index in [1.807, 2.05) is 18.2 Å². The van der Waals surface area contributed by atoms with Gasteiger partial charge in [-0.2, -0.15) is 0 Å². The molecule has 2 aromatic rings. The van der Waals surface area contributed by atoms with Gasteiger partial charge in [0.2, 0.25) is 5.91 Å². The third-order valence-electron chi connectivity index (χ3n) is 4.51. The molecule has 3 rings (SSSR count). The zero-order chi connectivity index (χ0) is 17.6. The van der Waals surface area contributed by atoms with Crippen molar-refractivity contribution in [3.8, 4) is 5.75 Å². The van der Waals surface area contributed by atoms with Crippen LogP contribution in [-0.2, 0) is 11.3 Å². The lowest BCUT2D eigenvalue weighted by Gasteiger charge is -2.31. The quantitative estimate of drug-likeness (QED) is 0.906. The van der Waals surface area contributed by atoms with Gasteiger partial charge in [0.15, 0.2) is 0 Å². The lowest BCUT2D eigenvalue weighted by Crippen LogP contribution is -2.43. The summed E-state index contributed by atoms with van der Waals surface area (Å²) < 4.78 is 10.5. The fraction of sp³-hybridized carbons (Fsp3) is 0.368. The van der Waals surface area contributed by atoms with Gasteiger partial charge in [-0.1, -0.05) is 12.1 Å². The van der Waals surface area contributed by atoms with Crippen LogP contribution in [0.15, 0.2) is 47.1 Å². The number of likely N-dealkylation sites (tertiary alicyclic amines) is 1. The Bertz CT molecular complexity index is 719. The maximum Gasteiger partial charge on any atom is 0.257 e. The first-order chi connectivity index (χ1) is 12.2. The Morgan fingerprint density at radius 3 is 2.64 bits per heavy atom. The second kappa shape index (κ2) is 7.88. The average molecular weight is 342 g/mol. The Labute approximate surface area is 146 Å². The molecule has 1 saturated heterocycles. The van der Waals surface area contributed by atoms with Crippen LogP contribution in [0, 0.1) is 5.92 Å². The van der Waals surface area contributed by atoms with Gasteiger partial charge in [0.05, 0.1) is 25.5 Å². The van der Waals surface area contributed by atoms with E-state index < -0.39 is 0 Å². The number of hydrogen-bond donors (Lipinski definition) is 1. The first-order valence-electron chi connectivity index (χ1n) is 8.41. The topological polar surface area (TPSA) is 71.8 Å². The predicted octanol–water partition coefficient (Wildman–Crippen LogP) is 2.46. The minimum Gasteiger partial charge on any atom is -0.496 e. The number of amides is 2. The molecule has 1 aliphatic heterocycles. The number of piperidine rings is 1. The third-order valence-corrected chi connectivity index (χ3v) is 4.51. The van der Waals surface area contributed by atoms with Gasteiger partial charge in [0, 0.05) is 19.0 Å². The SMILES string of the molecule is COc1ccccc1C(=O)N1CCC(C(=O)NCc2ccco2)CC1. The van der Waals surface area contributed by atoms with Crippen LogP contribution in [0.25, 0.3) is 0 Å². The first kappa shape index (κ1) is 17.1. The smallest absolute Gasteiger partial charge is 0.257 e. The van der Waals surface area contributed by atoms with E-state index in [2.05, 4.69) is 5.32 Å². The molecule has 132 valence electrons. The van der Waals surface area contributed by atoms with E-state index in [1.165, 1.54) is 0 Å². The summed E-state index contributed by atoms with van der Waals surface area (Å²) in [5.41, 5.74) is 0.561. The number of para-hydroxylation sites is 1. The number of ether oxygens (including phenoxy) is 1. The van der Waals surface area contributed by atoms with Crippen LogP contribution >= 0.6 is 0 Å². The van der Waals surface area contributed by atoms with Crippen molar-refractivity contribution in [2.24, 2.45) is 5.92 Å². The van der Waals surface area contributed by atoms with E-state index in [0.29, 0.717) is 43.8 Å². The van der Waals surface area contributed by atoms with Crippen molar-refractivity contribution in [3.05, 3.63) is 54.0 Å². The zero-order valence-corrected chi connectivity index (χ0v) is 14.2. The largest absolute Gasteiger partial charge is 0.496 e. The van der Waals surface area contributed by atoms with Crippen molar-refractivity contribution < 1.29 is 18.7 Å². The van der Waals surface area contributed by atoms with Crippen molar-refractivity contribution >= 4 is 11.8 Å². The van der Waals surface area contributed by atoms with Crippen molar-refractivity contribution in [2.45, 2.75) is 19.4 Å². The number of nitrogens with zero attached hydrogens (tertiary/aromatic N) is 1. The van der Waals surface area contributed by atoms with Crippen LogP contribution in [0.3, 0.4) is 0 Å². The molecule has 1 aliphatic rings. The van der Waals surface area contributed by atoms with E-state index in [0.717, 1.165) is 5.76 Å². The summed E-state index contributed by atoms with van der Waals surface area (Å²) in [4.78, 5) is 26.7. The molecule has 25 heavy (non-hydrogen) atoms. The predicted molar refractivity (Wildman–Crippen MR) is 92.2 cm³/mol. The minimum absolute atomic E-state index is 0.0146. The first-order valence-corrected chi connectivity index (χ1v) is 8.41. The fourth-order valence-corrected chi connectivity index (χ4v) is 3.07. The maximum atomic E-state index is 12.7. The third kappa shape index (κ3) is 4.02. The Kier molecular flexibility index (Phi) is 5.38. The summed E-state index contributed by atoms with van der Waals surface area (Å²) in [6.07, 6.45) is 2.90. The molecule has 0 aliphatic carbocycles. The molecule has 2 amide bonds. The summed E-state index contributed by atoms with van der Waals surface area (Å²) >= 11 is 0.